The Morgan fingerprint density at radius 3 is 2.47 bits per heavy atom. The van der Waals surface area contributed by atoms with Crippen LogP contribution in [0.3, 0.4) is 0 Å². The van der Waals surface area contributed by atoms with Crippen molar-refractivity contribution in [1.82, 2.24) is 20.1 Å². The van der Waals surface area contributed by atoms with Gasteiger partial charge in [0.15, 0.2) is 11.0 Å². The SMILES string of the molecule is CCn1c(CNC(=O)c2ccc(OC)cc2)nnc1SCc1ccc([N+](=O)[O-])cc1. The number of thioether (sulfide) groups is 1. The van der Waals surface area contributed by atoms with Gasteiger partial charge in [-0.25, -0.2) is 0 Å². The van der Waals surface area contributed by atoms with Crippen LogP contribution in [0.4, 0.5) is 5.69 Å². The molecule has 0 atom stereocenters. The number of hydrogen-bond acceptors (Lipinski definition) is 7. The number of rotatable bonds is 9. The highest BCUT2D eigenvalue weighted by Gasteiger charge is 2.14. The molecule has 0 unspecified atom stereocenters. The molecule has 0 bridgehead atoms. The summed E-state index contributed by atoms with van der Waals surface area (Å²) >= 11 is 1.49. The number of non-ortho nitro benzene ring substituents is 1. The van der Waals surface area contributed by atoms with Gasteiger partial charge in [0, 0.05) is 30.0 Å². The highest BCUT2D eigenvalue weighted by Crippen LogP contribution is 2.23. The molecule has 30 heavy (non-hydrogen) atoms. The van der Waals surface area contributed by atoms with E-state index in [-0.39, 0.29) is 18.1 Å². The normalized spacial score (nSPS) is 10.6. The Labute approximate surface area is 177 Å². The predicted octanol–water partition coefficient (Wildman–Crippen LogP) is 3.44. The van der Waals surface area contributed by atoms with Crippen molar-refractivity contribution >= 4 is 23.4 Å². The van der Waals surface area contributed by atoms with Crippen molar-refractivity contribution in [3.05, 3.63) is 75.6 Å². The number of carbonyl (C=O) groups is 1. The van der Waals surface area contributed by atoms with Gasteiger partial charge in [0.2, 0.25) is 0 Å². The second-order valence-electron chi connectivity index (χ2n) is 6.27. The third kappa shape index (κ3) is 5.15. The molecular formula is C20H21N5O4S. The van der Waals surface area contributed by atoms with Gasteiger partial charge in [-0.2, -0.15) is 0 Å². The van der Waals surface area contributed by atoms with Gasteiger partial charge in [0.05, 0.1) is 18.6 Å². The lowest BCUT2D eigenvalue weighted by molar-refractivity contribution is -0.384. The highest BCUT2D eigenvalue weighted by molar-refractivity contribution is 7.98. The molecule has 1 amide bonds. The molecule has 1 N–H and O–H groups in total. The van der Waals surface area contributed by atoms with Gasteiger partial charge < -0.3 is 14.6 Å². The Hall–Kier alpha value is -3.40. The molecule has 0 aliphatic carbocycles. The molecule has 9 nitrogen and oxygen atoms in total. The van der Waals surface area contributed by atoms with Crippen molar-refractivity contribution < 1.29 is 14.5 Å². The van der Waals surface area contributed by atoms with Gasteiger partial charge in [0.25, 0.3) is 11.6 Å². The number of carbonyl (C=O) groups excluding carboxylic acids is 1. The van der Waals surface area contributed by atoms with Gasteiger partial charge in [-0.1, -0.05) is 23.9 Å². The molecule has 3 aromatic rings. The van der Waals surface area contributed by atoms with Crippen molar-refractivity contribution in [2.45, 2.75) is 30.9 Å². The molecule has 156 valence electrons. The van der Waals surface area contributed by atoms with Crippen LogP contribution in [-0.2, 0) is 18.8 Å². The zero-order valence-corrected chi connectivity index (χ0v) is 17.4. The number of amides is 1. The first-order chi connectivity index (χ1) is 14.5. The van der Waals surface area contributed by atoms with Crippen LogP contribution in [0.5, 0.6) is 5.75 Å². The van der Waals surface area contributed by atoms with Crippen molar-refractivity contribution in [2.24, 2.45) is 0 Å². The topological polar surface area (TPSA) is 112 Å². The van der Waals surface area contributed by atoms with E-state index in [1.165, 1.54) is 23.9 Å². The van der Waals surface area contributed by atoms with Crippen LogP contribution in [0.1, 0.15) is 28.7 Å². The molecule has 0 spiro atoms. The smallest absolute Gasteiger partial charge is 0.269 e. The van der Waals surface area contributed by atoms with E-state index in [0.29, 0.717) is 29.4 Å². The van der Waals surface area contributed by atoms with Crippen LogP contribution in [0, 0.1) is 10.1 Å². The molecule has 0 saturated heterocycles. The number of benzene rings is 2. The summed E-state index contributed by atoms with van der Waals surface area (Å²) in [7, 11) is 1.57. The van der Waals surface area contributed by atoms with Crippen molar-refractivity contribution in [2.75, 3.05) is 7.11 Å². The fraction of sp³-hybridized carbons (Fsp3) is 0.250. The molecule has 10 heteroatoms. The Kier molecular flexibility index (Phi) is 7.02. The number of nitro benzene ring substituents is 1. The van der Waals surface area contributed by atoms with Gasteiger partial charge in [-0.3, -0.25) is 14.9 Å². The summed E-state index contributed by atoms with van der Waals surface area (Å²) < 4.78 is 7.03. The van der Waals surface area contributed by atoms with Gasteiger partial charge >= 0.3 is 0 Å². The zero-order valence-electron chi connectivity index (χ0n) is 16.6. The summed E-state index contributed by atoms with van der Waals surface area (Å²) in [5.41, 5.74) is 1.55. The van der Waals surface area contributed by atoms with Crippen molar-refractivity contribution in [1.29, 1.82) is 0 Å². The van der Waals surface area contributed by atoms with E-state index >= 15 is 0 Å². The number of ether oxygens (including phenoxy) is 1. The van der Waals surface area contributed by atoms with Crippen LogP contribution in [0.15, 0.2) is 53.7 Å². The number of nitro groups is 1. The summed E-state index contributed by atoms with van der Waals surface area (Å²) in [5.74, 6) is 1.75. The molecule has 3 rings (SSSR count). The molecule has 1 aromatic heterocycles. The lowest BCUT2D eigenvalue weighted by Gasteiger charge is -2.09. The number of aromatic nitrogens is 3. The van der Waals surface area contributed by atoms with E-state index in [0.717, 1.165) is 10.7 Å². The Morgan fingerprint density at radius 2 is 1.87 bits per heavy atom. The minimum absolute atomic E-state index is 0.0652. The van der Waals surface area contributed by atoms with Crippen LogP contribution in [0.25, 0.3) is 0 Å². The summed E-state index contributed by atoms with van der Waals surface area (Å²) in [6, 6.07) is 13.3. The lowest BCUT2D eigenvalue weighted by Crippen LogP contribution is -2.24. The van der Waals surface area contributed by atoms with E-state index in [1.807, 2.05) is 11.5 Å². The summed E-state index contributed by atoms with van der Waals surface area (Å²) in [5, 5.41) is 22.8. The number of nitrogens with one attached hydrogen (secondary N) is 1. The minimum atomic E-state index is -0.420. The maximum Gasteiger partial charge on any atom is 0.269 e. The van der Waals surface area contributed by atoms with Crippen LogP contribution < -0.4 is 10.1 Å². The lowest BCUT2D eigenvalue weighted by atomic mass is 10.2. The third-order valence-corrected chi connectivity index (χ3v) is 5.42. The Morgan fingerprint density at radius 1 is 1.17 bits per heavy atom. The fourth-order valence-corrected chi connectivity index (χ4v) is 3.72. The average molecular weight is 427 g/mol. The maximum atomic E-state index is 12.3. The first-order valence-electron chi connectivity index (χ1n) is 9.22. The molecule has 0 aliphatic heterocycles. The highest BCUT2D eigenvalue weighted by atomic mass is 32.2. The predicted molar refractivity (Wildman–Crippen MR) is 113 cm³/mol. The summed E-state index contributed by atoms with van der Waals surface area (Å²) in [6.07, 6.45) is 0. The van der Waals surface area contributed by atoms with Crippen LogP contribution >= 0.6 is 11.8 Å². The average Bonchev–Trinajstić information content (AvgIpc) is 3.18. The first-order valence-corrected chi connectivity index (χ1v) is 10.2. The van der Waals surface area contributed by atoms with Gasteiger partial charge in [0.1, 0.15) is 5.75 Å². The van der Waals surface area contributed by atoms with Crippen molar-refractivity contribution in [3.8, 4) is 5.75 Å². The number of hydrogen-bond donors (Lipinski definition) is 1. The standard InChI is InChI=1S/C20H21N5O4S/c1-3-24-18(12-21-19(26)15-6-10-17(29-2)11-7-15)22-23-20(24)30-13-14-4-8-16(9-5-14)25(27)28/h4-11H,3,12-13H2,1-2H3,(H,21,26). The maximum absolute atomic E-state index is 12.3. The molecule has 0 aliphatic rings. The summed E-state index contributed by atoms with van der Waals surface area (Å²) in [6.45, 7) is 2.89. The second-order valence-corrected chi connectivity index (χ2v) is 7.21. The first kappa shape index (κ1) is 21.3. The number of nitrogens with zero attached hydrogens (tertiary/aromatic N) is 4. The van der Waals surface area contributed by atoms with E-state index in [9.17, 15) is 14.9 Å². The molecule has 1 heterocycles. The monoisotopic (exact) mass is 427 g/mol. The van der Waals surface area contributed by atoms with Crippen molar-refractivity contribution in [3.63, 3.8) is 0 Å². The minimum Gasteiger partial charge on any atom is -0.497 e. The van der Waals surface area contributed by atoms with E-state index in [4.69, 9.17) is 4.74 Å². The second kappa shape index (κ2) is 9.88. The van der Waals surface area contributed by atoms with E-state index in [2.05, 4.69) is 15.5 Å². The van der Waals surface area contributed by atoms with Crippen LogP contribution in [-0.4, -0.2) is 32.7 Å². The van der Waals surface area contributed by atoms with E-state index in [1.54, 1.807) is 43.5 Å². The summed E-state index contributed by atoms with van der Waals surface area (Å²) in [4.78, 5) is 22.7. The Balaban J connectivity index is 1.60. The van der Waals surface area contributed by atoms with Gasteiger partial charge in [-0.15, -0.1) is 10.2 Å². The Bertz CT molecular complexity index is 1020. The van der Waals surface area contributed by atoms with E-state index < -0.39 is 4.92 Å². The quantitative estimate of drug-likeness (QED) is 0.316. The molecule has 2 aromatic carbocycles. The van der Waals surface area contributed by atoms with Gasteiger partial charge in [-0.05, 0) is 36.8 Å². The van der Waals surface area contributed by atoms with Crippen LogP contribution in [0.2, 0.25) is 0 Å². The fourth-order valence-electron chi connectivity index (χ4n) is 2.74. The molecule has 0 saturated carbocycles. The molecule has 0 fully saturated rings. The largest absolute Gasteiger partial charge is 0.497 e. The molecular weight excluding hydrogens is 406 g/mol. The third-order valence-electron chi connectivity index (χ3n) is 4.38. The number of methoxy groups -OCH3 is 1. The molecule has 0 radical (unpaired) electrons. The zero-order chi connectivity index (χ0) is 21.5.